The molecule has 12 heteroatoms. The Morgan fingerprint density at radius 2 is 1.46 bits per heavy atom. The first-order valence-electron chi connectivity index (χ1n) is 12.8. The van der Waals surface area contributed by atoms with Gasteiger partial charge in [0.2, 0.25) is 6.04 Å². The molecule has 2 aromatic carbocycles. The van der Waals surface area contributed by atoms with Gasteiger partial charge in [-0.15, -0.1) is 0 Å². The highest BCUT2D eigenvalue weighted by molar-refractivity contribution is 6.06. The molecule has 0 saturated heterocycles. The second-order valence-corrected chi connectivity index (χ2v) is 8.68. The van der Waals surface area contributed by atoms with Crippen molar-refractivity contribution in [3.63, 3.8) is 0 Å². The predicted molar refractivity (Wildman–Crippen MR) is 148 cm³/mol. The van der Waals surface area contributed by atoms with Crippen LogP contribution in [0.15, 0.2) is 54.1 Å². The molecule has 0 heterocycles. The van der Waals surface area contributed by atoms with Gasteiger partial charge < -0.3 is 30.0 Å². The quantitative estimate of drug-likeness (QED) is 0.0765. The van der Waals surface area contributed by atoms with Gasteiger partial charge in [0.15, 0.2) is 0 Å². The molecule has 0 spiro atoms. The largest absolute Gasteiger partial charge is 0.481 e. The van der Waals surface area contributed by atoms with Gasteiger partial charge in [0.05, 0.1) is 18.8 Å². The van der Waals surface area contributed by atoms with Gasteiger partial charge in [-0.1, -0.05) is 12.1 Å². The number of esters is 3. The Hall–Kier alpha value is -5.00. The Kier molecular flexibility index (Phi) is 12.2. The molecule has 1 amide bonds. The molecular weight excluding hydrogens is 534 g/mol. The van der Waals surface area contributed by atoms with Crippen molar-refractivity contribution in [1.29, 1.82) is 5.41 Å². The standard InChI is InChI=1S/C29H33N3O9/c1-4-39-28(37)24(29(38)40-5-2)32(16-6-7-23(33)34)26(35)18(3)17-19-8-10-21(11-9-19)27(36)41-22-14-12-20(13-15-22)25(30)31/h8-15,17,24H,4-7,16H2,1-3H3,(H3,30,31)(H,33,34)/b18-17+. The molecule has 0 aromatic heterocycles. The molecule has 12 nitrogen and oxygen atoms in total. The maximum Gasteiger partial charge on any atom is 0.343 e. The maximum atomic E-state index is 13.4. The van der Waals surface area contributed by atoms with E-state index in [2.05, 4.69) is 0 Å². The zero-order valence-electron chi connectivity index (χ0n) is 23.0. The molecule has 0 fully saturated rings. The van der Waals surface area contributed by atoms with Gasteiger partial charge in [0.1, 0.15) is 11.6 Å². The van der Waals surface area contributed by atoms with Crippen LogP contribution in [0.5, 0.6) is 5.75 Å². The van der Waals surface area contributed by atoms with Crippen molar-refractivity contribution in [1.82, 2.24) is 4.90 Å². The molecular formula is C29H33N3O9. The van der Waals surface area contributed by atoms with Crippen molar-refractivity contribution >= 4 is 41.7 Å². The van der Waals surface area contributed by atoms with E-state index in [1.165, 1.54) is 37.3 Å². The van der Waals surface area contributed by atoms with Crippen molar-refractivity contribution in [3.8, 4) is 5.75 Å². The number of nitrogens with one attached hydrogen (secondary N) is 1. The van der Waals surface area contributed by atoms with Gasteiger partial charge in [-0.2, -0.15) is 0 Å². The number of hydrogen-bond donors (Lipinski definition) is 3. The summed E-state index contributed by atoms with van der Waals surface area (Å²) in [6, 6.07) is 10.6. The lowest BCUT2D eigenvalue weighted by Crippen LogP contribution is -2.52. The second-order valence-electron chi connectivity index (χ2n) is 8.68. The average Bonchev–Trinajstić information content (AvgIpc) is 2.92. The monoisotopic (exact) mass is 567 g/mol. The van der Waals surface area contributed by atoms with E-state index in [4.69, 9.17) is 30.5 Å². The topological polar surface area (TPSA) is 186 Å². The lowest BCUT2D eigenvalue weighted by atomic mass is 10.1. The summed E-state index contributed by atoms with van der Waals surface area (Å²) in [4.78, 5) is 63.2. The lowest BCUT2D eigenvalue weighted by Gasteiger charge is -2.29. The van der Waals surface area contributed by atoms with Gasteiger partial charge in [0, 0.05) is 24.1 Å². The molecule has 2 rings (SSSR count). The third-order valence-electron chi connectivity index (χ3n) is 5.62. The van der Waals surface area contributed by atoms with Crippen LogP contribution in [0.25, 0.3) is 6.08 Å². The predicted octanol–water partition coefficient (Wildman–Crippen LogP) is 2.78. The number of carboxylic acids is 1. The van der Waals surface area contributed by atoms with Gasteiger partial charge in [0.25, 0.3) is 5.91 Å². The number of benzene rings is 2. The number of nitrogens with zero attached hydrogens (tertiary/aromatic N) is 1. The summed E-state index contributed by atoms with van der Waals surface area (Å²) in [6.45, 7) is 4.28. The number of hydrogen-bond acceptors (Lipinski definition) is 9. The number of amides is 1. The first kappa shape index (κ1) is 32.2. The molecule has 0 saturated carbocycles. The molecule has 218 valence electrons. The molecule has 0 aliphatic rings. The molecule has 0 aliphatic carbocycles. The van der Waals surface area contributed by atoms with Gasteiger partial charge in [-0.3, -0.25) is 15.0 Å². The smallest absolute Gasteiger partial charge is 0.343 e. The van der Waals surface area contributed by atoms with Gasteiger partial charge in [-0.05, 0) is 75.2 Å². The number of nitrogen functional groups attached to an aromatic ring is 1. The van der Waals surface area contributed by atoms with E-state index < -0.39 is 35.8 Å². The van der Waals surface area contributed by atoms with Crippen molar-refractivity contribution < 1.29 is 43.3 Å². The summed E-state index contributed by atoms with van der Waals surface area (Å²) in [5, 5.41) is 16.4. The van der Waals surface area contributed by atoms with E-state index >= 15 is 0 Å². The maximum absolute atomic E-state index is 13.4. The number of rotatable bonds is 14. The summed E-state index contributed by atoms with van der Waals surface area (Å²) in [6.07, 6.45) is 1.19. The number of carbonyl (C=O) groups is 5. The van der Waals surface area contributed by atoms with Crippen LogP contribution < -0.4 is 10.5 Å². The van der Waals surface area contributed by atoms with Crippen molar-refractivity contribution in [2.45, 2.75) is 39.7 Å². The third kappa shape index (κ3) is 9.60. The Labute approximate surface area is 237 Å². The highest BCUT2D eigenvalue weighted by atomic mass is 16.6. The van der Waals surface area contributed by atoms with Crippen LogP contribution in [0, 0.1) is 5.41 Å². The Morgan fingerprint density at radius 1 is 0.927 bits per heavy atom. The minimum atomic E-state index is -1.71. The Bertz CT molecular complexity index is 1280. The van der Waals surface area contributed by atoms with E-state index in [0.717, 1.165) is 4.90 Å². The first-order chi connectivity index (χ1) is 19.5. The fourth-order valence-electron chi connectivity index (χ4n) is 3.66. The van der Waals surface area contributed by atoms with Crippen molar-refractivity contribution in [2.75, 3.05) is 19.8 Å². The van der Waals surface area contributed by atoms with Crippen LogP contribution in [0.2, 0.25) is 0 Å². The zero-order valence-corrected chi connectivity index (χ0v) is 23.0. The molecule has 0 bridgehead atoms. The second kappa shape index (κ2) is 15.6. The Balaban J connectivity index is 2.26. The zero-order chi connectivity index (χ0) is 30.5. The average molecular weight is 568 g/mol. The number of ether oxygens (including phenoxy) is 3. The minimum absolute atomic E-state index is 0.0159. The van der Waals surface area contributed by atoms with E-state index in [1.54, 1.807) is 38.1 Å². The number of amidine groups is 1. The van der Waals surface area contributed by atoms with Crippen molar-refractivity contribution in [3.05, 3.63) is 70.8 Å². The van der Waals surface area contributed by atoms with Crippen LogP contribution >= 0.6 is 0 Å². The van der Waals surface area contributed by atoms with Gasteiger partial charge in [-0.25, -0.2) is 14.4 Å². The highest BCUT2D eigenvalue weighted by Crippen LogP contribution is 2.18. The van der Waals surface area contributed by atoms with Crippen LogP contribution in [-0.2, 0) is 28.7 Å². The number of nitrogens with two attached hydrogens (primary N) is 1. The Morgan fingerprint density at radius 3 is 1.95 bits per heavy atom. The van der Waals surface area contributed by atoms with Crippen LogP contribution in [0.3, 0.4) is 0 Å². The molecule has 0 unspecified atom stereocenters. The number of aliphatic carboxylic acids is 1. The summed E-state index contributed by atoms with van der Waals surface area (Å²) in [5.41, 5.74) is 6.82. The SMILES string of the molecule is CCOC(=O)C(C(=O)OCC)N(CCCC(=O)O)C(=O)/C(C)=C/c1ccc(C(=O)Oc2ccc(C(=N)N)cc2)cc1. The summed E-state index contributed by atoms with van der Waals surface area (Å²) in [7, 11) is 0. The van der Waals surface area contributed by atoms with Crippen molar-refractivity contribution in [2.24, 2.45) is 5.73 Å². The fourth-order valence-corrected chi connectivity index (χ4v) is 3.66. The third-order valence-corrected chi connectivity index (χ3v) is 5.62. The normalized spacial score (nSPS) is 11.0. The molecule has 41 heavy (non-hydrogen) atoms. The molecule has 0 atom stereocenters. The molecule has 4 N–H and O–H groups in total. The fraction of sp³-hybridized carbons (Fsp3) is 0.310. The van der Waals surface area contributed by atoms with Crippen LogP contribution in [0.1, 0.15) is 55.1 Å². The summed E-state index contributed by atoms with van der Waals surface area (Å²) < 4.78 is 15.3. The van der Waals surface area contributed by atoms with E-state index in [0.29, 0.717) is 11.1 Å². The van der Waals surface area contributed by atoms with E-state index in [1.807, 2.05) is 0 Å². The lowest BCUT2D eigenvalue weighted by molar-refractivity contribution is -0.167. The van der Waals surface area contributed by atoms with E-state index in [-0.39, 0.29) is 55.3 Å². The van der Waals surface area contributed by atoms with Crippen LogP contribution in [0.4, 0.5) is 0 Å². The molecule has 0 radical (unpaired) electrons. The number of carbonyl (C=O) groups excluding carboxylic acids is 4. The van der Waals surface area contributed by atoms with E-state index in [9.17, 15) is 24.0 Å². The molecule has 2 aromatic rings. The number of carboxylic acid groups (broad SMARTS) is 1. The van der Waals surface area contributed by atoms with Gasteiger partial charge >= 0.3 is 23.9 Å². The summed E-state index contributed by atoms with van der Waals surface area (Å²) >= 11 is 0. The minimum Gasteiger partial charge on any atom is -0.481 e. The summed E-state index contributed by atoms with van der Waals surface area (Å²) in [5.74, 6) is -4.23. The highest BCUT2D eigenvalue weighted by Gasteiger charge is 2.38. The molecule has 0 aliphatic heterocycles. The van der Waals surface area contributed by atoms with Crippen LogP contribution in [-0.4, -0.2) is 71.4 Å². The first-order valence-corrected chi connectivity index (χ1v) is 12.8.